The number of rotatable bonds is 6. The third-order valence-electron chi connectivity index (χ3n) is 2.54. The molecule has 0 fully saturated rings. The van der Waals surface area contributed by atoms with Crippen molar-refractivity contribution in [3.63, 3.8) is 0 Å². The Morgan fingerprint density at radius 2 is 1.67 bits per heavy atom. The Labute approximate surface area is 149 Å². The molecule has 0 radical (unpaired) electrons. The molecule has 0 amide bonds. The van der Waals surface area contributed by atoms with Crippen molar-refractivity contribution in [2.75, 3.05) is 34.7 Å². The summed E-state index contributed by atoms with van der Waals surface area (Å²) < 4.78 is 0. The van der Waals surface area contributed by atoms with Crippen LogP contribution in [0.4, 0.5) is 0 Å². The zero-order valence-corrected chi connectivity index (χ0v) is 16.7. The summed E-state index contributed by atoms with van der Waals surface area (Å²) in [5.41, 5.74) is 1.57. The Morgan fingerprint density at radius 3 is 2.05 bits per heavy atom. The molecule has 21 heavy (non-hydrogen) atoms. The van der Waals surface area contributed by atoms with Crippen LogP contribution in [0.15, 0.2) is 23.8 Å². The van der Waals surface area contributed by atoms with E-state index in [1.54, 1.807) is 33.8 Å². The van der Waals surface area contributed by atoms with Gasteiger partial charge >= 0.3 is 21.7 Å². The van der Waals surface area contributed by atoms with Crippen molar-refractivity contribution in [2.45, 2.75) is 45.6 Å². The Morgan fingerprint density at radius 1 is 1.14 bits per heavy atom. The van der Waals surface area contributed by atoms with Crippen molar-refractivity contribution in [3.8, 4) is 0 Å². The quantitative estimate of drug-likeness (QED) is 0.350. The molecule has 0 aliphatic heterocycles. The second-order valence-electron chi connectivity index (χ2n) is 4.62. The second kappa shape index (κ2) is 25.1. The van der Waals surface area contributed by atoms with Gasteiger partial charge in [-0.15, -0.1) is 12.6 Å². The Balaban J connectivity index is -0.000000157. The van der Waals surface area contributed by atoms with Crippen molar-refractivity contribution in [3.05, 3.63) is 47.2 Å². The summed E-state index contributed by atoms with van der Waals surface area (Å²) in [5.74, 6) is 0. The van der Waals surface area contributed by atoms with Crippen LogP contribution in [0, 0.1) is 7.43 Å². The third kappa shape index (κ3) is 25.4. The predicted octanol–water partition coefficient (Wildman–Crippen LogP) is 5.51. The van der Waals surface area contributed by atoms with Crippen molar-refractivity contribution < 1.29 is 21.7 Å². The molecule has 0 bridgehead atoms. The van der Waals surface area contributed by atoms with Crippen LogP contribution in [0.2, 0.25) is 0 Å². The Hall–Kier alpha value is 0.0743. The molecule has 0 aromatic heterocycles. The minimum absolute atomic E-state index is 0. The topological polar surface area (TPSA) is 42.3 Å². The van der Waals surface area contributed by atoms with E-state index in [1.807, 2.05) is 0 Å². The fourth-order valence-electron chi connectivity index (χ4n) is 1.42. The van der Waals surface area contributed by atoms with Crippen LogP contribution in [0.1, 0.15) is 39.5 Å². The van der Waals surface area contributed by atoms with Crippen molar-refractivity contribution in [1.82, 2.24) is 0 Å². The monoisotopic (exact) mass is 329 g/mol. The first kappa shape index (κ1) is 29.1. The summed E-state index contributed by atoms with van der Waals surface area (Å²) in [4.78, 5) is 0. The van der Waals surface area contributed by atoms with Crippen molar-refractivity contribution in [2.24, 2.45) is 0 Å². The van der Waals surface area contributed by atoms with Crippen LogP contribution >= 0.6 is 0 Å². The van der Waals surface area contributed by atoms with Gasteiger partial charge in [-0.05, 0) is 12.8 Å². The van der Waals surface area contributed by atoms with Gasteiger partial charge in [0.05, 0.1) is 0 Å². The van der Waals surface area contributed by atoms with Gasteiger partial charge in [0.25, 0.3) is 0 Å². The smallest absolute Gasteiger partial charge is 0.668 e. The van der Waals surface area contributed by atoms with E-state index in [-0.39, 0.29) is 29.1 Å². The van der Waals surface area contributed by atoms with E-state index in [1.165, 1.54) is 25.7 Å². The number of allylic oxidation sites excluding steroid dienone is 4. The van der Waals surface area contributed by atoms with E-state index in [9.17, 15) is 0 Å². The molecule has 0 heterocycles. The van der Waals surface area contributed by atoms with E-state index in [2.05, 4.69) is 48.0 Å². The predicted molar refractivity (Wildman–Crippen MR) is 95.9 cm³/mol. The Bertz CT molecular complexity index is 226. The second-order valence-corrected chi connectivity index (χ2v) is 4.62. The molecule has 0 aromatic carbocycles. The van der Waals surface area contributed by atoms with E-state index < -0.39 is 0 Å². The van der Waals surface area contributed by atoms with Gasteiger partial charge in [0, 0.05) is 0 Å². The molecule has 1 aliphatic rings. The molecular weight excluding hydrogens is 294 g/mol. The molecule has 0 saturated heterocycles. The maximum Gasteiger partial charge on any atom is 4.00 e. The minimum atomic E-state index is 0. The van der Waals surface area contributed by atoms with Gasteiger partial charge in [0.1, 0.15) is 0 Å². The molecule has 3 nitrogen and oxygen atoms in total. The molecule has 1 aliphatic carbocycles. The van der Waals surface area contributed by atoms with Gasteiger partial charge in [-0.2, -0.15) is 28.2 Å². The van der Waals surface area contributed by atoms with Gasteiger partial charge in [-0.25, -0.2) is 0 Å². The van der Waals surface area contributed by atoms with E-state index in [0.29, 0.717) is 6.04 Å². The molecule has 0 spiro atoms. The van der Waals surface area contributed by atoms with Crippen LogP contribution in [0.5, 0.6) is 0 Å². The summed E-state index contributed by atoms with van der Waals surface area (Å²) in [6, 6.07) is 0.552. The van der Waals surface area contributed by atoms with Crippen LogP contribution in [-0.2, 0) is 21.7 Å². The molecule has 122 valence electrons. The number of nitrogens with zero attached hydrogens (tertiary/aromatic N) is 3. The molecule has 4 heteroatoms. The standard InChI is InChI=1S/C12H20N.2C2H6N.CH3.Ti/c1-3-11(2)13-10-6-9-12-7-4-5-8-12;2*1-3-2;;/h4-5,7,11H,3,6,8-10H2,1-2H3;2*1-2H3;1H3;/q4*-1;+4. The summed E-state index contributed by atoms with van der Waals surface area (Å²) in [5, 5.41) is 11.6. The first-order valence-corrected chi connectivity index (χ1v) is 7.13. The molecule has 0 aromatic rings. The summed E-state index contributed by atoms with van der Waals surface area (Å²) >= 11 is 0. The van der Waals surface area contributed by atoms with Gasteiger partial charge in [0.15, 0.2) is 0 Å². The maximum atomic E-state index is 4.56. The summed E-state index contributed by atoms with van der Waals surface area (Å²) in [6.07, 6.45) is 11.4. The van der Waals surface area contributed by atoms with E-state index >= 15 is 0 Å². The average Bonchev–Trinajstić information content (AvgIpc) is 2.89. The molecular formula is C17H35N3Ti. The average molecular weight is 329 g/mol. The van der Waals surface area contributed by atoms with Gasteiger partial charge < -0.3 is 23.4 Å². The van der Waals surface area contributed by atoms with Gasteiger partial charge in [-0.1, -0.05) is 50.5 Å². The van der Waals surface area contributed by atoms with Crippen LogP contribution in [0.3, 0.4) is 0 Å². The van der Waals surface area contributed by atoms with Gasteiger partial charge in [0.2, 0.25) is 0 Å². The first-order valence-electron chi connectivity index (χ1n) is 7.13. The van der Waals surface area contributed by atoms with Crippen LogP contribution in [-0.4, -0.2) is 40.8 Å². The molecule has 1 rings (SSSR count). The first-order chi connectivity index (χ1) is 9.15. The SMILES string of the molecule is CCC(C)[N-]CCCC1=CC=CC1.C[N-]C.C[N-]C.[CH3-].[Ti+4]. The molecule has 1 atom stereocenters. The maximum absolute atomic E-state index is 4.56. The minimum Gasteiger partial charge on any atom is -0.668 e. The fraction of sp³-hybridized carbons (Fsp3) is 0.706. The largest absolute Gasteiger partial charge is 4.00 e. The van der Waals surface area contributed by atoms with Crippen LogP contribution in [0.25, 0.3) is 16.0 Å². The Kier molecular flexibility index (Phi) is 34.8. The number of hydrogen-bond acceptors (Lipinski definition) is 0. The normalized spacial score (nSPS) is 12.6. The zero-order valence-electron chi connectivity index (χ0n) is 15.2. The fourth-order valence-corrected chi connectivity index (χ4v) is 1.42. The molecule has 0 saturated carbocycles. The third-order valence-corrected chi connectivity index (χ3v) is 2.54. The van der Waals surface area contributed by atoms with Crippen molar-refractivity contribution in [1.29, 1.82) is 0 Å². The van der Waals surface area contributed by atoms with Crippen molar-refractivity contribution >= 4 is 0 Å². The number of hydrogen-bond donors (Lipinski definition) is 0. The van der Waals surface area contributed by atoms with Crippen LogP contribution < -0.4 is 0 Å². The van der Waals surface area contributed by atoms with E-state index in [4.69, 9.17) is 0 Å². The summed E-state index contributed by atoms with van der Waals surface area (Å²) in [7, 11) is 7.00. The summed E-state index contributed by atoms with van der Waals surface area (Å²) in [6.45, 7) is 5.42. The molecule has 1 unspecified atom stereocenters. The zero-order chi connectivity index (χ0) is 14.9. The molecule has 0 N–H and O–H groups in total. The van der Waals surface area contributed by atoms with Gasteiger partial charge in [-0.3, -0.25) is 0 Å². The van der Waals surface area contributed by atoms with E-state index in [0.717, 1.165) is 6.54 Å².